The number of rotatable bonds is 6. The number of pyridine rings is 2. The summed E-state index contributed by atoms with van der Waals surface area (Å²) in [6, 6.07) is 12.7. The molecule has 1 N–H and O–H groups in total. The summed E-state index contributed by atoms with van der Waals surface area (Å²) in [4.78, 5) is 33.5. The van der Waals surface area contributed by atoms with Crippen molar-refractivity contribution in [1.82, 2.24) is 15.3 Å². The van der Waals surface area contributed by atoms with Crippen molar-refractivity contribution in [3.63, 3.8) is 0 Å². The summed E-state index contributed by atoms with van der Waals surface area (Å²) >= 11 is 0. The van der Waals surface area contributed by atoms with E-state index in [4.69, 9.17) is 4.74 Å². The number of amides is 1. The van der Waals surface area contributed by atoms with E-state index in [2.05, 4.69) is 15.3 Å². The minimum atomic E-state index is -0.877. The number of esters is 1. The number of benzene rings is 1. The molecule has 0 bridgehead atoms. The molecule has 2 heterocycles. The Kier molecular flexibility index (Phi) is 5.76. The van der Waals surface area contributed by atoms with Crippen molar-refractivity contribution < 1.29 is 14.3 Å². The Balaban J connectivity index is 1.95. The molecule has 1 atom stereocenters. The van der Waals surface area contributed by atoms with E-state index in [1.165, 1.54) is 0 Å². The lowest BCUT2D eigenvalue weighted by Crippen LogP contribution is -2.36. The summed E-state index contributed by atoms with van der Waals surface area (Å²) in [5, 5.41) is 3.40. The predicted molar refractivity (Wildman–Crippen MR) is 103 cm³/mol. The molecule has 6 nitrogen and oxygen atoms in total. The molecule has 0 radical (unpaired) electrons. The van der Waals surface area contributed by atoms with Crippen LogP contribution in [0.15, 0.2) is 54.9 Å². The highest BCUT2D eigenvalue weighted by Gasteiger charge is 2.21. The van der Waals surface area contributed by atoms with Gasteiger partial charge in [0.15, 0.2) is 6.10 Å². The maximum atomic E-state index is 12.8. The second kappa shape index (κ2) is 8.40. The number of para-hydroxylation sites is 1. The van der Waals surface area contributed by atoms with E-state index < -0.39 is 12.1 Å². The van der Waals surface area contributed by atoms with E-state index >= 15 is 0 Å². The lowest BCUT2D eigenvalue weighted by atomic mass is 10.0. The highest BCUT2D eigenvalue weighted by atomic mass is 16.5. The van der Waals surface area contributed by atoms with Crippen LogP contribution in [0.25, 0.3) is 22.2 Å². The first-order valence-electron chi connectivity index (χ1n) is 8.89. The molecule has 6 heteroatoms. The second-order valence-electron chi connectivity index (χ2n) is 6.15. The topological polar surface area (TPSA) is 81.2 Å². The van der Waals surface area contributed by atoms with E-state index in [0.29, 0.717) is 28.7 Å². The maximum Gasteiger partial charge on any atom is 0.339 e. The predicted octanol–water partition coefficient (Wildman–Crippen LogP) is 3.37. The van der Waals surface area contributed by atoms with Crippen molar-refractivity contribution in [3.8, 4) is 11.3 Å². The van der Waals surface area contributed by atoms with Gasteiger partial charge in [-0.05, 0) is 37.6 Å². The number of hydrogen-bond acceptors (Lipinski definition) is 5. The third-order valence-corrected chi connectivity index (χ3v) is 4.10. The van der Waals surface area contributed by atoms with Crippen LogP contribution in [0.2, 0.25) is 0 Å². The lowest BCUT2D eigenvalue weighted by Gasteiger charge is -2.14. The number of nitrogens with one attached hydrogen (secondary N) is 1. The number of ether oxygens (including phenoxy) is 1. The van der Waals surface area contributed by atoms with Gasteiger partial charge >= 0.3 is 5.97 Å². The molecule has 1 aromatic carbocycles. The normalized spacial score (nSPS) is 11.8. The van der Waals surface area contributed by atoms with Crippen LogP contribution in [0.4, 0.5) is 0 Å². The second-order valence-corrected chi connectivity index (χ2v) is 6.15. The van der Waals surface area contributed by atoms with Gasteiger partial charge in [0, 0.05) is 29.9 Å². The van der Waals surface area contributed by atoms with Gasteiger partial charge in [-0.2, -0.15) is 0 Å². The molecule has 0 fully saturated rings. The van der Waals surface area contributed by atoms with Gasteiger partial charge in [0.05, 0.1) is 16.8 Å². The number of nitrogens with zero attached hydrogens (tertiary/aromatic N) is 2. The summed E-state index contributed by atoms with van der Waals surface area (Å²) in [7, 11) is 0. The standard InChI is InChI=1S/C21H21N3O3/c1-3-10-23-20(25)14(2)27-21(26)17-12-19(15-7-6-11-22-13-15)24-18-9-5-4-8-16(17)18/h4-9,11-14H,3,10H2,1-2H3,(H,23,25). The van der Waals surface area contributed by atoms with Gasteiger partial charge in [0.2, 0.25) is 0 Å². The molecule has 0 spiro atoms. The fraction of sp³-hybridized carbons (Fsp3) is 0.238. The van der Waals surface area contributed by atoms with Crippen molar-refractivity contribution in [2.75, 3.05) is 6.54 Å². The fourth-order valence-electron chi connectivity index (χ4n) is 2.68. The molecule has 0 aliphatic rings. The van der Waals surface area contributed by atoms with Crippen LogP contribution in [0.5, 0.6) is 0 Å². The smallest absolute Gasteiger partial charge is 0.339 e. The van der Waals surface area contributed by atoms with Crippen LogP contribution >= 0.6 is 0 Å². The maximum absolute atomic E-state index is 12.8. The van der Waals surface area contributed by atoms with Crippen LogP contribution in [0.1, 0.15) is 30.6 Å². The number of hydrogen-bond donors (Lipinski definition) is 1. The van der Waals surface area contributed by atoms with Crippen LogP contribution in [-0.2, 0) is 9.53 Å². The molecule has 1 unspecified atom stereocenters. The zero-order valence-electron chi connectivity index (χ0n) is 15.3. The van der Waals surface area contributed by atoms with Crippen molar-refractivity contribution in [3.05, 3.63) is 60.4 Å². The number of carbonyl (C=O) groups is 2. The number of fused-ring (bicyclic) bond motifs is 1. The van der Waals surface area contributed by atoms with Crippen molar-refractivity contribution in [2.45, 2.75) is 26.4 Å². The van der Waals surface area contributed by atoms with Crippen LogP contribution in [-0.4, -0.2) is 34.5 Å². The molecule has 138 valence electrons. The third kappa shape index (κ3) is 4.28. The molecule has 0 aliphatic carbocycles. The molecule has 2 aromatic heterocycles. The highest BCUT2D eigenvalue weighted by molar-refractivity contribution is 6.05. The Morgan fingerprint density at radius 3 is 2.74 bits per heavy atom. The zero-order valence-corrected chi connectivity index (χ0v) is 15.3. The molecular formula is C21H21N3O3. The van der Waals surface area contributed by atoms with E-state index in [1.807, 2.05) is 43.3 Å². The monoisotopic (exact) mass is 363 g/mol. The molecule has 0 saturated heterocycles. The molecule has 3 aromatic rings. The summed E-state index contributed by atoms with van der Waals surface area (Å²) in [6.45, 7) is 4.07. The highest BCUT2D eigenvalue weighted by Crippen LogP contribution is 2.25. The van der Waals surface area contributed by atoms with Gasteiger partial charge in [-0.15, -0.1) is 0 Å². The van der Waals surface area contributed by atoms with Gasteiger partial charge in [-0.25, -0.2) is 9.78 Å². The third-order valence-electron chi connectivity index (χ3n) is 4.10. The van der Waals surface area contributed by atoms with Crippen molar-refractivity contribution in [2.24, 2.45) is 0 Å². The molecule has 27 heavy (non-hydrogen) atoms. The minimum Gasteiger partial charge on any atom is -0.449 e. The summed E-state index contributed by atoms with van der Waals surface area (Å²) in [5.74, 6) is -0.867. The van der Waals surface area contributed by atoms with Crippen molar-refractivity contribution >= 4 is 22.8 Å². The van der Waals surface area contributed by atoms with Crippen LogP contribution in [0, 0.1) is 0 Å². The van der Waals surface area contributed by atoms with Crippen LogP contribution < -0.4 is 5.32 Å². The quantitative estimate of drug-likeness (QED) is 0.679. The Morgan fingerprint density at radius 1 is 1.19 bits per heavy atom. The van der Waals surface area contributed by atoms with Gasteiger partial charge in [-0.3, -0.25) is 9.78 Å². The Morgan fingerprint density at radius 2 is 2.00 bits per heavy atom. The van der Waals surface area contributed by atoms with E-state index in [9.17, 15) is 9.59 Å². The largest absolute Gasteiger partial charge is 0.449 e. The Hall–Kier alpha value is -3.28. The molecule has 3 rings (SSSR count). The van der Waals surface area contributed by atoms with Gasteiger partial charge in [0.1, 0.15) is 0 Å². The summed E-state index contributed by atoms with van der Waals surface area (Å²) in [5.41, 5.74) is 2.46. The minimum absolute atomic E-state index is 0.309. The first-order chi connectivity index (χ1) is 13.1. The molecule has 0 aliphatic heterocycles. The average molecular weight is 363 g/mol. The molecule has 1 amide bonds. The zero-order chi connectivity index (χ0) is 19.2. The SMILES string of the molecule is CCCNC(=O)C(C)OC(=O)c1cc(-c2cccnc2)nc2ccccc12. The van der Waals surface area contributed by atoms with Crippen LogP contribution in [0.3, 0.4) is 0 Å². The van der Waals surface area contributed by atoms with Gasteiger partial charge in [-0.1, -0.05) is 25.1 Å². The number of carbonyl (C=O) groups excluding carboxylic acids is 2. The van der Waals surface area contributed by atoms with Gasteiger partial charge < -0.3 is 10.1 Å². The average Bonchev–Trinajstić information content (AvgIpc) is 2.71. The van der Waals surface area contributed by atoms with E-state index in [1.54, 1.807) is 25.4 Å². The fourth-order valence-corrected chi connectivity index (χ4v) is 2.68. The first kappa shape index (κ1) is 18.5. The lowest BCUT2D eigenvalue weighted by molar-refractivity contribution is -0.129. The molecule has 0 saturated carbocycles. The molecular weight excluding hydrogens is 342 g/mol. The van der Waals surface area contributed by atoms with E-state index in [-0.39, 0.29) is 5.91 Å². The summed E-state index contributed by atoms with van der Waals surface area (Å²) in [6.07, 6.45) is 3.30. The Labute approximate surface area is 157 Å². The summed E-state index contributed by atoms with van der Waals surface area (Å²) < 4.78 is 5.40. The van der Waals surface area contributed by atoms with Gasteiger partial charge in [0.25, 0.3) is 5.91 Å². The first-order valence-corrected chi connectivity index (χ1v) is 8.89. The van der Waals surface area contributed by atoms with Crippen molar-refractivity contribution in [1.29, 1.82) is 0 Å². The Bertz CT molecular complexity index is 957. The number of aromatic nitrogens is 2. The van der Waals surface area contributed by atoms with E-state index in [0.717, 1.165) is 12.0 Å².